The SMILES string of the molecule is Cc1ccc(S(=O)(=O)N2CCCCC2)cc1C(=O)NCc1nnc2ccccn12. The van der Waals surface area contributed by atoms with Crippen molar-refractivity contribution >= 4 is 21.6 Å². The number of hydrogen-bond donors (Lipinski definition) is 1. The minimum absolute atomic E-state index is 0.156. The summed E-state index contributed by atoms with van der Waals surface area (Å²) in [6.07, 6.45) is 4.61. The molecular weight excluding hydrogens is 390 g/mol. The zero-order valence-corrected chi connectivity index (χ0v) is 17.0. The van der Waals surface area contributed by atoms with Crippen LogP contribution in [0.1, 0.15) is 41.0 Å². The number of aromatic nitrogens is 3. The van der Waals surface area contributed by atoms with Crippen LogP contribution in [0.2, 0.25) is 0 Å². The van der Waals surface area contributed by atoms with Crippen LogP contribution < -0.4 is 5.32 Å². The Kier molecular flexibility index (Phi) is 5.33. The van der Waals surface area contributed by atoms with Crippen LogP contribution in [0.15, 0.2) is 47.5 Å². The number of benzene rings is 1. The molecule has 2 aromatic heterocycles. The van der Waals surface area contributed by atoms with E-state index in [9.17, 15) is 13.2 Å². The van der Waals surface area contributed by atoms with Gasteiger partial charge in [-0.05, 0) is 49.6 Å². The third-order valence-electron chi connectivity index (χ3n) is 5.20. The summed E-state index contributed by atoms with van der Waals surface area (Å²) >= 11 is 0. The summed E-state index contributed by atoms with van der Waals surface area (Å²) in [4.78, 5) is 12.9. The molecule has 3 heterocycles. The van der Waals surface area contributed by atoms with Gasteiger partial charge in [0.15, 0.2) is 11.5 Å². The van der Waals surface area contributed by atoms with E-state index in [1.807, 2.05) is 24.4 Å². The van der Waals surface area contributed by atoms with Crippen molar-refractivity contribution in [3.05, 3.63) is 59.5 Å². The molecule has 0 saturated carbocycles. The minimum Gasteiger partial charge on any atom is -0.345 e. The third-order valence-corrected chi connectivity index (χ3v) is 7.09. The van der Waals surface area contributed by atoms with Gasteiger partial charge in [0.2, 0.25) is 10.0 Å². The Hall–Kier alpha value is -2.78. The summed E-state index contributed by atoms with van der Waals surface area (Å²) in [6, 6.07) is 10.3. The molecule has 0 unspecified atom stereocenters. The van der Waals surface area contributed by atoms with E-state index in [-0.39, 0.29) is 17.3 Å². The van der Waals surface area contributed by atoms with Crippen molar-refractivity contribution < 1.29 is 13.2 Å². The Balaban J connectivity index is 1.54. The zero-order valence-electron chi connectivity index (χ0n) is 16.2. The highest BCUT2D eigenvalue weighted by Crippen LogP contribution is 2.23. The van der Waals surface area contributed by atoms with E-state index in [1.165, 1.54) is 10.4 Å². The van der Waals surface area contributed by atoms with Crippen LogP contribution >= 0.6 is 0 Å². The van der Waals surface area contributed by atoms with E-state index in [0.717, 1.165) is 19.3 Å². The number of nitrogens with one attached hydrogen (secondary N) is 1. The van der Waals surface area contributed by atoms with E-state index >= 15 is 0 Å². The van der Waals surface area contributed by atoms with Crippen molar-refractivity contribution in [3.63, 3.8) is 0 Å². The highest BCUT2D eigenvalue weighted by molar-refractivity contribution is 7.89. The van der Waals surface area contributed by atoms with Crippen molar-refractivity contribution in [3.8, 4) is 0 Å². The second kappa shape index (κ2) is 7.92. The second-order valence-corrected chi connectivity index (χ2v) is 9.11. The number of rotatable bonds is 5. The highest BCUT2D eigenvalue weighted by atomic mass is 32.2. The summed E-state index contributed by atoms with van der Waals surface area (Å²) < 4.78 is 29.2. The molecule has 1 N–H and O–H groups in total. The van der Waals surface area contributed by atoms with Crippen LogP contribution in [0, 0.1) is 6.92 Å². The van der Waals surface area contributed by atoms with Crippen LogP contribution in [0.25, 0.3) is 5.65 Å². The average Bonchev–Trinajstić information content (AvgIpc) is 3.16. The standard InChI is InChI=1S/C20H23N5O3S/c1-15-8-9-16(29(27,28)24-10-4-2-5-11-24)13-17(15)20(26)21-14-19-23-22-18-7-3-6-12-25(18)19/h3,6-9,12-13H,2,4-5,10-11,14H2,1H3,(H,21,26). The number of pyridine rings is 1. The highest BCUT2D eigenvalue weighted by Gasteiger charge is 2.27. The van der Waals surface area contributed by atoms with Gasteiger partial charge < -0.3 is 5.32 Å². The van der Waals surface area contributed by atoms with Gasteiger partial charge in [-0.2, -0.15) is 4.31 Å². The van der Waals surface area contributed by atoms with E-state index in [4.69, 9.17) is 0 Å². The van der Waals surface area contributed by atoms with Crippen LogP contribution in [0.5, 0.6) is 0 Å². The van der Waals surface area contributed by atoms with Gasteiger partial charge in [-0.15, -0.1) is 10.2 Å². The van der Waals surface area contributed by atoms with Crippen LogP contribution in [-0.4, -0.2) is 46.3 Å². The van der Waals surface area contributed by atoms with Gasteiger partial charge in [-0.25, -0.2) is 8.42 Å². The molecule has 0 radical (unpaired) electrons. The first-order valence-electron chi connectivity index (χ1n) is 9.64. The summed E-state index contributed by atoms with van der Waals surface area (Å²) in [5, 5.41) is 11.0. The molecular formula is C20H23N5O3S. The second-order valence-electron chi connectivity index (χ2n) is 7.17. The molecule has 0 bridgehead atoms. The van der Waals surface area contributed by atoms with Crippen molar-refractivity contribution in [2.75, 3.05) is 13.1 Å². The number of carbonyl (C=O) groups is 1. The number of carbonyl (C=O) groups excluding carboxylic acids is 1. The first kappa shape index (κ1) is 19.5. The molecule has 1 fully saturated rings. The Morgan fingerprint density at radius 1 is 1.10 bits per heavy atom. The fraction of sp³-hybridized carbons (Fsp3) is 0.350. The fourth-order valence-electron chi connectivity index (χ4n) is 3.53. The number of nitrogens with zero attached hydrogens (tertiary/aromatic N) is 4. The summed E-state index contributed by atoms with van der Waals surface area (Å²) in [7, 11) is -3.59. The van der Waals surface area contributed by atoms with Gasteiger partial charge in [0.1, 0.15) is 0 Å². The zero-order chi connectivity index (χ0) is 20.4. The van der Waals surface area contributed by atoms with Gasteiger partial charge in [0.25, 0.3) is 5.91 Å². The van der Waals surface area contributed by atoms with E-state index in [1.54, 1.807) is 23.5 Å². The van der Waals surface area contributed by atoms with Crippen molar-refractivity contribution in [2.24, 2.45) is 0 Å². The molecule has 152 valence electrons. The molecule has 3 aromatic rings. The predicted octanol–water partition coefficient (Wildman–Crippen LogP) is 2.14. The Morgan fingerprint density at radius 2 is 1.90 bits per heavy atom. The Morgan fingerprint density at radius 3 is 2.69 bits per heavy atom. The van der Waals surface area contributed by atoms with E-state index < -0.39 is 10.0 Å². The number of hydrogen-bond acceptors (Lipinski definition) is 5. The predicted molar refractivity (Wildman–Crippen MR) is 108 cm³/mol. The van der Waals surface area contributed by atoms with E-state index in [2.05, 4.69) is 15.5 Å². The van der Waals surface area contributed by atoms with Gasteiger partial charge in [-0.3, -0.25) is 9.20 Å². The fourth-order valence-corrected chi connectivity index (χ4v) is 5.07. The summed E-state index contributed by atoms with van der Waals surface area (Å²) in [5.41, 5.74) is 1.76. The molecule has 9 heteroatoms. The number of sulfonamides is 1. The molecule has 1 aliphatic rings. The van der Waals surface area contributed by atoms with Crippen molar-refractivity contribution in [1.82, 2.24) is 24.2 Å². The molecule has 4 rings (SSSR count). The monoisotopic (exact) mass is 413 g/mol. The number of piperidine rings is 1. The lowest BCUT2D eigenvalue weighted by Crippen LogP contribution is -2.35. The number of fused-ring (bicyclic) bond motifs is 1. The van der Waals surface area contributed by atoms with Gasteiger partial charge >= 0.3 is 0 Å². The normalized spacial score (nSPS) is 15.5. The molecule has 29 heavy (non-hydrogen) atoms. The van der Waals surface area contributed by atoms with Gasteiger partial charge in [0.05, 0.1) is 11.4 Å². The van der Waals surface area contributed by atoms with Crippen molar-refractivity contribution in [1.29, 1.82) is 0 Å². The number of amides is 1. The quantitative estimate of drug-likeness (QED) is 0.691. The lowest BCUT2D eigenvalue weighted by Gasteiger charge is -2.26. The van der Waals surface area contributed by atoms with Crippen LogP contribution in [0.4, 0.5) is 0 Å². The van der Waals surface area contributed by atoms with Gasteiger partial charge in [0, 0.05) is 24.8 Å². The van der Waals surface area contributed by atoms with Crippen LogP contribution in [0.3, 0.4) is 0 Å². The molecule has 0 spiro atoms. The van der Waals surface area contributed by atoms with E-state index in [0.29, 0.717) is 35.7 Å². The summed E-state index contributed by atoms with van der Waals surface area (Å²) in [6.45, 7) is 3.03. The Bertz CT molecular complexity index is 1150. The maximum Gasteiger partial charge on any atom is 0.251 e. The molecule has 1 aromatic carbocycles. The van der Waals surface area contributed by atoms with Crippen molar-refractivity contribution in [2.45, 2.75) is 37.6 Å². The minimum atomic E-state index is -3.59. The summed E-state index contributed by atoms with van der Waals surface area (Å²) in [5.74, 6) is 0.259. The van der Waals surface area contributed by atoms with Gasteiger partial charge in [-0.1, -0.05) is 18.6 Å². The largest absolute Gasteiger partial charge is 0.345 e. The first-order chi connectivity index (χ1) is 14.0. The number of aryl methyl sites for hydroxylation is 1. The molecule has 1 aliphatic heterocycles. The molecule has 0 atom stereocenters. The lowest BCUT2D eigenvalue weighted by atomic mass is 10.1. The smallest absolute Gasteiger partial charge is 0.251 e. The molecule has 1 saturated heterocycles. The third kappa shape index (κ3) is 3.88. The van der Waals surface area contributed by atoms with Crippen LogP contribution in [-0.2, 0) is 16.6 Å². The maximum absolute atomic E-state index is 12.9. The molecule has 1 amide bonds. The first-order valence-corrected chi connectivity index (χ1v) is 11.1. The molecule has 8 nitrogen and oxygen atoms in total. The maximum atomic E-state index is 12.9. The topological polar surface area (TPSA) is 96.7 Å². The molecule has 0 aliphatic carbocycles. The lowest BCUT2D eigenvalue weighted by molar-refractivity contribution is 0.0949. The Labute approximate surface area is 169 Å². The average molecular weight is 414 g/mol.